The van der Waals surface area contributed by atoms with Crippen molar-refractivity contribution in [1.82, 2.24) is 0 Å². The van der Waals surface area contributed by atoms with Gasteiger partial charge in [0.25, 0.3) is 0 Å². The first-order valence-corrected chi connectivity index (χ1v) is 24.2. The number of aliphatic hydroxyl groups excluding tert-OH is 1. The minimum absolute atomic E-state index is 0.0605. The van der Waals surface area contributed by atoms with Crippen LogP contribution in [-0.4, -0.2) is 56.2 Å². The zero-order chi connectivity index (χ0) is 30.8. The van der Waals surface area contributed by atoms with E-state index in [0.29, 0.717) is 18.9 Å². The Bertz CT molecular complexity index is 919. The van der Waals surface area contributed by atoms with E-state index in [4.69, 9.17) is 14.2 Å². The minimum atomic E-state index is -2.77. The van der Waals surface area contributed by atoms with Gasteiger partial charge in [-0.05, 0) is 0 Å². The molecule has 0 spiro atoms. The van der Waals surface area contributed by atoms with Crippen molar-refractivity contribution in [3.8, 4) is 0 Å². The van der Waals surface area contributed by atoms with Crippen LogP contribution in [0, 0.1) is 11.8 Å². The third-order valence-corrected chi connectivity index (χ3v) is 25.6. The van der Waals surface area contributed by atoms with Gasteiger partial charge in [-0.15, -0.1) is 0 Å². The number of aliphatic hydroxyl groups is 1. The van der Waals surface area contributed by atoms with E-state index in [1.165, 1.54) is 68.5 Å². The molecule has 0 saturated heterocycles. The Kier molecular flexibility index (Phi) is 18.6. The molecule has 0 fully saturated rings. The predicted molar refractivity (Wildman–Crippen MR) is 181 cm³/mol. The average Bonchev–Trinajstić information content (AvgIpc) is 2.98. The van der Waals surface area contributed by atoms with Gasteiger partial charge in [0.15, 0.2) is 0 Å². The van der Waals surface area contributed by atoms with Crippen LogP contribution >= 0.6 is 0 Å². The molecule has 4 nitrogen and oxygen atoms in total. The molecular weight excluding hydrogens is 627 g/mol. The van der Waals surface area contributed by atoms with Crippen molar-refractivity contribution in [3.05, 3.63) is 69.4 Å². The molecule has 4 atom stereocenters. The quantitative estimate of drug-likeness (QED) is 0.0570. The number of benzene rings is 1. The summed E-state index contributed by atoms with van der Waals surface area (Å²) in [5, 5.41) is 11.9. The van der Waals surface area contributed by atoms with Crippen LogP contribution in [0.5, 0.6) is 0 Å². The zero-order valence-corrected chi connectivity index (χ0v) is 30.7. The van der Waals surface area contributed by atoms with Gasteiger partial charge >= 0.3 is 264 Å². The second kappa shape index (κ2) is 20.9. The average molecular weight is 690 g/mol. The van der Waals surface area contributed by atoms with Crippen molar-refractivity contribution in [1.29, 1.82) is 0 Å². The van der Waals surface area contributed by atoms with Gasteiger partial charge in [-0.25, -0.2) is 0 Å². The molecule has 0 radical (unpaired) electrons. The molecule has 0 amide bonds. The molecule has 0 aliphatic heterocycles. The Hall–Kier alpha value is -0.921. The van der Waals surface area contributed by atoms with Crippen molar-refractivity contribution >= 4 is 18.4 Å². The fraction of sp³-hybridized carbons (Fsp3) is 0.676. The van der Waals surface area contributed by atoms with Gasteiger partial charge in [-0.1, -0.05) is 0 Å². The van der Waals surface area contributed by atoms with E-state index in [1.807, 2.05) is 0 Å². The molecule has 42 heavy (non-hydrogen) atoms. The molecule has 0 aromatic heterocycles. The molecule has 0 bridgehead atoms. The fourth-order valence-electron chi connectivity index (χ4n) is 6.86. The summed E-state index contributed by atoms with van der Waals surface area (Å²) in [5.74, 6) is 0.473. The summed E-state index contributed by atoms with van der Waals surface area (Å²) in [5.41, 5.74) is 3.62. The fourth-order valence-corrected chi connectivity index (χ4v) is 23.9. The van der Waals surface area contributed by atoms with Crippen LogP contribution in [-0.2, 0) is 20.8 Å². The first-order valence-electron chi connectivity index (χ1n) is 16.7. The standard InChI is InChI=1S/C25H35O4.3C4H9.Sn/c1-19(2)23-14-13-20(3)25(29-18-27-4)24(23)16-22(26)12-8-9-15-28-17-21-10-6-5-7-11-21;3*1-3-4-2;/h5-7,10-13,22-26H,1,9,14-18H2,2-4H3;3*1,3-4H2,2H3;/t22?,23-,24-,25-;;;;/m0..../s1. The Balaban J connectivity index is 2.40. The van der Waals surface area contributed by atoms with E-state index in [9.17, 15) is 5.11 Å². The third-order valence-electron chi connectivity index (χ3n) is 9.29. The maximum absolute atomic E-state index is 11.9. The van der Waals surface area contributed by atoms with Crippen LogP contribution in [0.4, 0.5) is 0 Å². The summed E-state index contributed by atoms with van der Waals surface area (Å²) in [6, 6.07) is 10.5. The van der Waals surface area contributed by atoms with Gasteiger partial charge in [0, 0.05) is 0 Å². The normalized spacial score (nSPS) is 20.4. The van der Waals surface area contributed by atoms with Crippen molar-refractivity contribution in [3.63, 3.8) is 0 Å². The SMILES string of the molecule is C=C(C)[C@@H]1CC=C(C)[C@H](OCOC)[C@H]1CC(O)/C=[C](\CCOCc1ccccc1)[Sn]([CH2]CCC)([CH2]CCC)[CH2]CCC. The Morgan fingerprint density at radius 3 is 2.21 bits per heavy atom. The second-order valence-corrected chi connectivity index (χ2v) is 26.1. The summed E-state index contributed by atoms with van der Waals surface area (Å²) in [6.07, 6.45) is 14.3. The van der Waals surface area contributed by atoms with Crippen LogP contribution in [0.25, 0.3) is 0 Å². The van der Waals surface area contributed by atoms with E-state index < -0.39 is 24.5 Å². The zero-order valence-electron chi connectivity index (χ0n) is 27.8. The van der Waals surface area contributed by atoms with Crippen molar-refractivity contribution < 1.29 is 19.3 Å². The van der Waals surface area contributed by atoms with Gasteiger partial charge in [-0.3, -0.25) is 0 Å². The van der Waals surface area contributed by atoms with Crippen molar-refractivity contribution in [2.24, 2.45) is 11.8 Å². The van der Waals surface area contributed by atoms with E-state index >= 15 is 0 Å². The molecule has 1 aromatic rings. The molecule has 1 aliphatic carbocycles. The summed E-state index contributed by atoms with van der Waals surface area (Å²) in [6.45, 7) is 17.2. The Morgan fingerprint density at radius 2 is 1.67 bits per heavy atom. The molecule has 0 saturated carbocycles. The summed E-state index contributed by atoms with van der Waals surface area (Å²) in [4.78, 5) is 0. The molecule has 2 rings (SSSR count). The molecule has 1 aromatic carbocycles. The van der Waals surface area contributed by atoms with Gasteiger partial charge in [0.2, 0.25) is 0 Å². The molecular formula is C37H62O4Sn. The maximum atomic E-state index is 11.9. The van der Waals surface area contributed by atoms with E-state index in [-0.39, 0.29) is 18.8 Å². The van der Waals surface area contributed by atoms with Crippen LogP contribution in [0.2, 0.25) is 13.3 Å². The number of ether oxygens (including phenoxy) is 3. The number of methoxy groups -OCH3 is 1. The Morgan fingerprint density at radius 1 is 1.05 bits per heavy atom. The monoisotopic (exact) mass is 690 g/mol. The molecule has 1 aliphatic rings. The number of allylic oxidation sites excluding steroid dienone is 2. The van der Waals surface area contributed by atoms with Crippen LogP contribution in [0.15, 0.2) is 63.8 Å². The number of hydrogen-bond donors (Lipinski definition) is 1. The first-order chi connectivity index (χ1) is 20.3. The molecule has 1 N–H and O–H groups in total. The third kappa shape index (κ3) is 12.2. The topological polar surface area (TPSA) is 47.9 Å². The second-order valence-electron chi connectivity index (χ2n) is 12.7. The summed E-state index contributed by atoms with van der Waals surface area (Å²) < 4.78 is 23.6. The van der Waals surface area contributed by atoms with Gasteiger partial charge in [0.1, 0.15) is 0 Å². The van der Waals surface area contributed by atoms with E-state index in [0.717, 1.165) is 19.4 Å². The molecule has 5 heteroatoms. The number of rotatable bonds is 22. The van der Waals surface area contributed by atoms with Crippen LogP contribution < -0.4 is 0 Å². The molecule has 1 unspecified atom stereocenters. The van der Waals surface area contributed by atoms with Crippen LogP contribution in [0.3, 0.4) is 0 Å². The molecule has 238 valence electrons. The van der Waals surface area contributed by atoms with E-state index in [2.05, 4.69) is 83.7 Å². The van der Waals surface area contributed by atoms with Crippen LogP contribution in [0.1, 0.15) is 98.0 Å². The summed E-state index contributed by atoms with van der Waals surface area (Å²) in [7, 11) is 1.67. The van der Waals surface area contributed by atoms with E-state index in [1.54, 1.807) is 10.7 Å². The summed E-state index contributed by atoms with van der Waals surface area (Å²) >= 11 is -2.77. The number of hydrogen-bond acceptors (Lipinski definition) is 4. The number of unbranched alkanes of at least 4 members (excludes halogenated alkanes) is 3. The Labute approximate surface area is 262 Å². The molecule has 0 heterocycles. The van der Waals surface area contributed by atoms with Gasteiger partial charge < -0.3 is 0 Å². The van der Waals surface area contributed by atoms with Gasteiger partial charge in [0.05, 0.1) is 0 Å². The van der Waals surface area contributed by atoms with Crippen molar-refractivity contribution in [2.45, 2.75) is 125 Å². The first kappa shape index (κ1) is 37.3. The predicted octanol–water partition coefficient (Wildman–Crippen LogP) is 9.81. The van der Waals surface area contributed by atoms with Gasteiger partial charge in [-0.2, -0.15) is 0 Å². The van der Waals surface area contributed by atoms with Crippen molar-refractivity contribution in [2.75, 3.05) is 20.5 Å².